The molecule has 0 aliphatic heterocycles. The highest BCUT2D eigenvalue weighted by atomic mass is 31.2. The molecule has 0 bridgehead atoms. The minimum atomic E-state index is -4.66. The molecule has 0 fully saturated rings. The van der Waals surface area contributed by atoms with E-state index in [1.807, 2.05) is 33.3 Å². The number of likely N-dealkylation sites (N-methyl/N-ethyl adjacent to an activating group) is 1. The molecule has 0 aromatic rings. The predicted molar refractivity (Wildman–Crippen MR) is 295 cm³/mol. The van der Waals surface area contributed by atoms with Gasteiger partial charge in [-0.05, 0) is 89.9 Å². The lowest BCUT2D eigenvalue weighted by molar-refractivity contribution is -0.870. The highest BCUT2D eigenvalue weighted by Gasteiger charge is 2.21. The summed E-state index contributed by atoms with van der Waals surface area (Å²) >= 11 is 0. The first-order chi connectivity index (χ1) is 34.0. The average Bonchev–Trinajstić information content (AvgIpc) is 3.32. The molecule has 0 aliphatic rings. The maximum atomic E-state index is 12.7. The fourth-order valence-corrected chi connectivity index (χ4v) is 7.58. The fraction of sp³-hybridized carbons (Fsp3) is 0.633. The summed E-state index contributed by atoms with van der Waals surface area (Å²) in [6, 6.07) is 0. The Morgan fingerprint density at radius 1 is 0.443 bits per heavy atom. The van der Waals surface area contributed by atoms with Gasteiger partial charge in [0.2, 0.25) is 0 Å². The van der Waals surface area contributed by atoms with Crippen LogP contribution in [0.5, 0.6) is 0 Å². The van der Waals surface area contributed by atoms with Gasteiger partial charge < -0.3 is 27.9 Å². The molecule has 0 heterocycles. The molecule has 0 aromatic heterocycles. The van der Waals surface area contributed by atoms with E-state index in [-0.39, 0.29) is 26.1 Å². The van der Waals surface area contributed by atoms with E-state index in [9.17, 15) is 19.0 Å². The lowest BCUT2D eigenvalue weighted by Gasteiger charge is -2.28. The van der Waals surface area contributed by atoms with Crippen LogP contribution in [0.2, 0.25) is 0 Å². The first-order valence-corrected chi connectivity index (χ1v) is 28.7. The Balaban J connectivity index is 4.27. The van der Waals surface area contributed by atoms with Gasteiger partial charge in [0, 0.05) is 12.8 Å². The number of allylic oxidation sites excluding steroid dienone is 20. The van der Waals surface area contributed by atoms with Crippen molar-refractivity contribution in [2.75, 3.05) is 47.5 Å². The average molecular weight is 994 g/mol. The molecule has 0 aromatic carbocycles. The smallest absolute Gasteiger partial charge is 0.306 e. The Bertz CT molecular complexity index is 1590. The number of carbonyl (C=O) groups excluding carboxylic acids is 2. The summed E-state index contributed by atoms with van der Waals surface area (Å²) in [5.74, 6) is -0.940. The first kappa shape index (κ1) is 66.4. The number of hydrogen-bond acceptors (Lipinski definition) is 8. The van der Waals surface area contributed by atoms with Crippen LogP contribution in [0.3, 0.4) is 0 Å². The number of phosphoric acid groups is 1. The molecule has 9 nitrogen and oxygen atoms in total. The van der Waals surface area contributed by atoms with Crippen molar-refractivity contribution < 1.29 is 42.1 Å². The molecule has 0 N–H and O–H groups in total. The largest absolute Gasteiger partial charge is 0.756 e. The first-order valence-electron chi connectivity index (χ1n) is 27.2. The van der Waals surface area contributed by atoms with E-state index in [0.29, 0.717) is 23.9 Å². The number of unbranched alkanes of at least 4 members (excludes halogenated alkanes) is 14. The Morgan fingerprint density at radius 3 is 1.20 bits per heavy atom. The zero-order valence-corrected chi connectivity index (χ0v) is 45.8. The van der Waals surface area contributed by atoms with Gasteiger partial charge in [0.05, 0.1) is 27.7 Å². The SMILES string of the molecule is CC/C=C\C/C=C\C/C=C\C/C=C\C/C=C\C/C=C\CCC(=O)OC(COC(=O)CCCCCCCCCCCCCCCC/C=C\C/C=C\C/C=C\C/C=C\CC)COP(=O)([O-])OCC[N+](C)(C)C. The number of phosphoric ester groups is 1. The summed E-state index contributed by atoms with van der Waals surface area (Å²) < 4.78 is 34.0. The lowest BCUT2D eigenvalue weighted by atomic mass is 10.0. The number of ether oxygens (including phenoxy) is 2. The van der Waals surface area contributed by atoms with Crippen molar-refractivity contribution in [2.24, 2.45) is 0 Å². The van der Waals surface area contributed by atoms with E-state index >= 15 is 0 Å². The number of esters is 2. The number of quaternary nitrogens is 1. The molecule has 0 saturated heterocycles. The van der Waals surface area contributed by atoms with Crippen molar-refractivity contribution in [1.82, 2.24) is 0 Å². The van der Waals surface area contributed by atoms with Crippen LogP contribution < -0.4 is 4.89 Å². The minimum absolute atomic E-state index is 0.0506. The normalized spacial score (nSPS) is 14.3. The molecule has 0 saturated carbocycles. The van der Waals surface area contributed by atoms with Crippen molar-refractivity contribution in [2.45, 2.75) is 200 Å². The summed E-state index contributed by atoms with van der Waals surface area (Å²) in [6.07, 6.45) is 71.2. The maximum absolute atomic E-state index is 12.7. The molecule has 0 spiro atoms. The summed E-state index contributed by atoms with van der Waals surface area (Å²) in [4.78, 5) is 37.8. The van der Waals surface area contributed by atoms with Gasteiger partial charge in [-0.15, -0.1) is 0 Å². The van der Waals surface area contributed by atoms with Gasteiger partial charge in [-0.25, -0.2) is 0 Å². The van der Waals surface area contributed by atoms with Crippen LogP contribution in [0.15, 0.2) is 122 Å². The second-order valence-corrected chi connectivity index (χ2v) is 20.2. The number of hydrogen-bond donors (Lipinski definition) is 0. The molecule has 0 rings (SSSR count). The second kappa shape index (κ2) is 50.4. The lowest BCUT2D eigenvalue weighted by Crippen LogP contribution is -2.37. The highest BCUT2D eigenvalue weighted by molar-refractivity contribution is 7.45. The van der Waals surface area contributed by atoms with Crippen molar-refractivity contribution in [3.05, 3.63) is 122 Å². The van der Waals surface area contributed by atoms with Gasteiger partial charge in [-0.3, -0.25) is 14.2 Å². The topological polar surface area (TPSA) is 111 Å². The van der Waals surface area contributed by atoms with E-state index in [4.69, 9.17) is 18.5 Å². The van der Waals surface area contributed by atoms with Gasteiger partial charge in [-0.1, -0.05) is 212 Å². The van der Waals surface area contributed by atoms with E-state index < -0.39 is 32.5 Å². The van der Waals surface area contributed by atoms with Gasteiger partial charge in [0.1, 0.15) is 19.8 Å². The van der Waals surface area contributed by atoms with Gasteiger partial charge in [-0.2, -0.15) is 0 Å². The fourth-order valence-electron chi connectivity index (χ4n) is 6.85. The third kappa shape index (κ3) is 53.8. The molecular weight excluding hydrogens is 894 g/mol. The molecule has 398 valence electrons. The highest BCUT2D eigenvalue weighted by Crippen LogP contribution is 2.38. The van der Waals surface area contributed by atoms with Crippen LogP contribution in [0, 0.1) is 0 Å². The predicted octanol–water partition coefficient (Wildman–Crippen LogP) is 16.2. The number of carbonyl (C=O) groups is 2. The number of nitrogens with zero attached hydrogens (tertiary/aromatic N) is 1. The zero-order valence-electron chi connectivity index (χ0n) is 44.9. The monoisotopic (exact) mass is 994 g/mol. The van der Waals surface area contributed by atoms with Gasteiger partial charge in [0.15, 0.2) is 6.10 Å². The van der Waals surface area contributed by atoms with Crippen LogP contribution in [0.1, 0.15) is 194 Å². The van der Waals surface area contributed by atoms with Crippen LogP contribution >= 0.6 is 7.82 Å². The van der Waals surface area contributed by atoms with E-state index in [1.54, 1.807) is 0 Å². The Hall–Kier alpha value is -3.59. The van der Waals surface area contributed by atoms with Crippen LogP contribution in [-0.4, -0.2) is 70.0 Å². The molecule has 0 amide bonds. The molecule has 2 unspecified atom stereocenters. The van der Waals surface area contributed by atoms with Crippen molar-refractivity contribution >= 4 is 19.8 Å². The third-order valence-electron chi connectivity index (χ3n) is 11.0. The Kier molecular flexibility index (Phi) is 47.8. The molecular formula is C60H100NO8P. The van der Waals surface area contributed by atoms with Crippen LogP contribution in [0.4, 0.5) is 0 Å². The quantitative estimate of drug-likeness (QED) is 0.0195. The maximum Gasteiger partial charge on any atom is 0.306 e. The van der Waals surface area contributed by atoms with E-state index in [0.717, 1.165) is 83.5 Å². The van der Waals surface area contributed by atoms with Crippen LogP contribution in [0.25, 0.3) is 0 Å². The van der Waals surface area contributed by atoms with Crippen molar-refractivity contribution in [3.63, 3.8) is 0 Å². The summed E-state index contributed by atoms with van der Waals surface area (Å²) in [6.45, 7) is 3.91. The Labute approximate surface area is 428 Å². The van der Waals surface area contributed by atoms with E-state index in [2.05, 4.69) is 123 Å². The van der Waals surface area contributed by atoms with Gasteiger partial charge in [0.25, 0.3) is 7.82 Å². The van der Waals surface area contributed by atoms with Crippen molar-refractivity contribution in [3.8, 4) is 0 Å². The van der Waals surface area contributed by atoms with Crippen molar-refractivity contribution in [1.29, 1.82) is 0 Å². The number of rotatable bonds is 48. The molecule has 2 atom stereocenters. The minimum Gasteiger partial charge on any atom is -0.756 e. The second-order valence-electron chi connectivity index (χ2n) is 18.8. The summed E-state index contributed by atoms with van der Waals surface area (Å²) in [5, 5.41) is 0. The zero-order chi connectivity index (χ0) is 51.3. The van der Waals surface area contributed by atoms with Crippen LogP contribution in [-0.2, 0) is 32.7 Å². The molecule has 10 heteroatoms. The standard InChI is InChI=1S/C60H100NO8P/c1-6-8-10-12-14-16-18-20-22-24-26-27-28-29-30-31-32-33-35-36-38-40-42-44-46-48-50-52-59(62)66-56-58(57-68-70(64,65)67-55-54-61(3,4)5)69-60(63)53-51-49-47-45-43-41-39-37-34-25-23-21-19-17-15-13-11-9-7-2/h8-11,14-17,20-23,26-27,34,37,41,43,47,49,58H,6-7,12-13,18-19,24-25,28-33,35-36,38-40,42,44-46,48,50-57H2,1-5H3/b10-8-,11-9-,16-14-,17-15-,22-20-,23-21-,27-26-,37-34-,43-41-,49-47-. The Morgan fingerprint density at radius 2 is 0.800 bits per heavy atom. The summed E-state index contributed by atoms with van der Waals surface area (Å²) in [7, 11) is 1.10. The molecule has 70 heavy (non-hydrogen) atoms. The van der Waals surface area contributed by atoms with Gasteiger partial charge >= 0.3 is 11.9 Å². The summed E-state index contributed by atoms with van der Waals surface area (Å²) in [5.41, 5.74) is 0. The molecule has 0 radical (unpaired) electrons. The van der Waals surface area contributed by atoms with E-state index in [1.165, 1.54) is 70.6 Å². The third-order valence-corrected chi connectivity index (χ3v) is 12.0. The molecule has 0 aliphatic carbocycles.